The third kappa shape index (κ3) is 2.94. The second-order valence-corrected chi connectivity index (χ2v) is 6.26. The Morgan fingerprint density at radius 3 is 2.95 bits per heavy atom. The highest BCUT2D eigenvalue weighted by molar-refractivity contribution is 14.1. The highest BCUT2D eigenvalue weighted by Crippen LogP contribution is 2.41. The minimum atomic E-state index is -0.562. The van der Waals surface area contributed by atoms with Gasteiger partial charge < -0.3 is 14.8 Å². The molecule has 0 aromatic carbocycles. The fraction of sp³-hybridized carbons (Fsp3) is 0.692. The number of nitrogens with zero attached hydrogens (tertiary/aromatic N) is 1. The largest absolute Gasteiger partial charge is 0.492 e. The molecule has 1 aliphatic carbocycles. The third-order valence-corrected chi connectivity index (χ3v) is 4.63. The van der Waals surface area contributed by atoms with Gasteiger partial charge in [-0.1, -0.05) is 13.3 Å². The smallest absolute Gasteiger partial charge is 0.268 e. The standard InChI is InChI=1S/C13H19IN2O3/c1-3-19-13(6-4-5-8(2)7-13)12-15-10(17)9(14)11(18)16-12/h8H,3-7H2,1-2H3,(H2,15,16,17,18). The van der Waals surface area contributed by atoms with Crippen molar-refractivity contribution in [3.8, 4) is 5.88 Å². The van der Waals surface area contributed by atoms with Gasteiger partial charge in [0, 0.05) is 6.61 Å². The van der Waals surface area contributed by atoms with Crippen LogP contribution in [0.5, 0.6) is 5.88 Å². The van der Waals surface area contributed by atoms with E-state index in [1.807, 2.05) is 6.92 Å². The van der Waals surface area contributed by atoms with E-state index in [0.717, 1.165) is 25.7 Å². The predicted octanol–water partition coefficient (Wildman–Crippen LogP) is 2.52. The van der Waals surface area contributed by atoms with Gasteiger partial charge in [0.25, 0.3) is 5.56 Å². The first-order chi connectivity index (χ1) is 8.98. The van der Waals surface area contributed by atoms with E-state index in [0.29, 0.717) is 18.3 Å². The fourth-order valence-electron chi connectivity index (χ4n) is 2.86. The van der Waals surface area contributed by atoms with E-state index in [4.69, 9.17) is 4.74 Å². The lowest BCUT2D eigenvalue weighted by molar-refractivity contribution is -0.0885. The summed E-state index contributed by atoms with van der Waals surface area (Å²) in [5, 5.41) is 9.77. The molecule has 1 fully saturated rings. The molecular weight excluding hydrogens is 359 g/mol. The molecule has 0 radical (unpaired) electrons. The number of aromatic amines is 1. The average molecular weight is 378 g/mol. The molecule has 1 aliphatic rings. The number of hydrogen-bond acceptors (Lipinski definition) is 4. The van der Waals surface area contributed by atoms with Gasteiger partial charge >= 0.3 is 0 Å². The molecule has 1 heterocycles. The highest BCUT2D eigenvalue weighted by Gasteiger charge is 2.40. The van der Waals surface area contributed by atoms with Crippen LogP contribution in [0.2, 0.25) is 0 Å². The van der Waals surface area contributed by atoms with Gasteiger partial charge in [0.2, 0.25) is 5.88 Å². The SMILES string of the molecule is CCOC1(c2nc(O)c(I)c(=O)[nH]2)CCCC(C)C1. The molecule has 1 aromatic rings. The first-order valence-corrected chi connectivity index (χ1v) is 7.69. The van der Waals surface area contributed by atoms with Crippen LogP contribution in [0.25, 0.3) is 0 Å². The zero-order chi connectivity index (χ0) is 14.0. The fourth-order valence-corrected chi connectivity index (χ4v) is 3.11. The number of aromatic hydroxyl groups is 1. The van der Waals surface area contributed by atoms with Gasteiger partial charge in [-0.3, -0.25) is 4.79 Å². The Balaban J connectivity index is 2.47. The lowest BCUT2D eigenvalue weighted by Crippen LogP contribution is -2.38. The zero-order valence-electron chi connectivity index (χ0n) is 11.2. The molecule has 19 heavy (non-hydrogen) atoms. The topological polar surface area (TPSA) is 75.2 Å². The van der Waals surface area contributed by atoms with Crippen molar-refractivity contribution in [1.29, 1.82) is 0 Å². The van der Waals surface area contributed by atoms with Crippen LogP contribution in [0.1, 0.15) is 45.4 Å². The number of hydrogen-bond donors (Lipinski definition) is 2. The highest BCUT2D eigenvalue weighted by atomic mass is 127. The molecule has 1 saturated carbocycles. The lowest BCUT2D eigenvalue weighted by Gasteiger charge is -2.38. The van der Waals surface area contributed by atoms with Crippen molar-refractivity contribution >= 4 is 22.6 Å². The van der Waals surface area contributed by atoms with Crippen LogP contribution in [0.3, 0.4) is 0 Å². The molecule has 0 aliphatic heterocycles. The van der Waals surface area contributed by atoms with Crippen LogP contribution in [-0.2, 0) is 10.3 Å². The van der Waals surface area contributed by atoms with E-state index in [9.17, 15) is 9.90 Å². The maximum absolute atomic E-state index is 11.8. The number of nitrogens with one attached hydrogen (secondary N) is 1. The van der Waals surface area contributed by atoms with E-state index in [2.05, 4.69) is 16.9 Å². The number of ether oxygens (including phenoxy) is 1. The van der Waals surface area contributed by atoms with Crippen LogP contribution in [-0.4, -0.2) is 21.7 Å². The quantitative estimate of drug-likeness (QED) is 0.793. The second-order valence-electron chi connectivity index (χ2n) is 5.18. The summed E-state index contributed by atoms with van der Waals surface area (Å²) < 4.78 is 6.15. The number of rotatable bonds is 3. The number of H-pyrrole nitrogens is 1. The molecule has 2 unspecified atom stereocenters. The number of aromatic nitrogens is 2. The summed E-state index contributed by atoms with van der Waals surface area (Å²) >= 11 is 1.79. The van der Waals surface area contributed by atoms with Crippen molar-refractivity contribution < 1.29 is 9.84 Å². The number of halogens is 1. The van der Waals surface area contributed by atoms with Crippen molar-refractivity contribution in [3.05, 3.63) is 19.7 Å². The molecule has 2 N–H and O–H groups in total. The molecule has 5 nitrogen and oxygen atoms in total. The maximum Gasteiger partial charge on any atom is 0.268 e. The Kier molecular flexibility index (Phi) is 4.50. The molecular formula is C13H19IN2O3. The Labute approximate surface area is 125 Å². The molecule has 0 amide bonds. The van der Waals surface area contributed by atoms with Gasteiger partial charge in [-0.2, -0.15) is 4.98 Å². The summed E-state index contributed by atoms with van der Waals surface area (Å²) in [6, 6.07) is 0. The van der Waals surface area contributed by atoms with Crippen molar-refractivity contribution in [2.24, 2.45) is 5.92 Å². The van der Waals surface area contributed by atoms with Gasteiger partial charge in [0.05, 0.1) is 0 Å². The van der Waals surface area contributed by atoms with Crippen LogP contribution in [0, 0.1) is 9.49 Å². The zero-order valence-corrected chi connectivity index (χ0v) is 13.4. The van der Waals surface area contributed by atoms with Crippen LogP contribution < -0.4 is 5.56 Å². The van der Waals surface area contributed by atoms with E-state index < -0.39 is 5.60 Å². The summed E-state index contributed by atoms with van der Waals surface area (Å²) in [6.07, 6.45) is 3.85. The average Bonchev–Trinajstić information content (AvgIpc) is 2.35. The van der Waals surface area contributed by atoms with Crippen molar-refractivity contribution in [1.82, 2.24) is 9.97 Å². The Morgan fingerprint density at radius 1 is 1.63 bits per heavy atom. The van der Waals surface area contributed by atoms with Gasteiger partial charge in [0.15, 0.2) is 0 Å². The summed E-state index contributed by atoms with van der Waals surface area (Å²) in [4.78, 5) is 18.7. The second kappa shape index (κ2) is 5.78. The Hall–Kier alpha value is -0.630. The monoisotopic (exact) mass is 378 g/mol. The van der Waals surface area contributed by atoms with Gasteiger partial charge in [0.1, 0.15) is 15.0 Å². The summed E-state index contributed by atoms with van der Waals surface area (Å²) in [6.45, 7) is 4.67. The third-order valence-electron chi connectivity index (χ3n) is 3.65. The Bertz CT molecular complexity index is 513. The molecule has 106 valence electrons. The van der Waals surface area contributed by atoms with Gasteiger partial charge in [-0.15, -0.1) is 0 Å². The van der Waals surface area contributed by atoms with Crippen LogP contribution in [0.4, 0.5) is 0 Å². The van der Waals surface area contributed by atoms with Crippen molar-refractivity contribution in [3.63, 3.8) is 0 Å². The van der Waals surface area contributed by atoms with Crippen LogP contribution >= 0.6 is 22.6 Å². The minimum Gasteiger partial charge on any atom is -0.492 e. The predicted molar refractivity (Wildman–Crippen MR) is 80.2 cm³/mol. The molecule has 0 bridgehead atoms. The molecule has 2 rings (SSSR count). The van der Waals surface area contributed by atoms with E-state index in [1.54, 1.807) is 22.6 Å². The van der Waals surface area contributed by atoms with E-state index >= 15 is 0 Å². The van der Waals surface area contributed by atoms with Gasteiger partial charge in [-0.25, -0.2) is 0 Å². The first kappa shape index (κ1) is 14.8. The minimum absolute atomic E-state index is 0.211. The molecule has 6 heteroatoms. The Morgan fingerprint density at radius 2 is 2.37 bits per heavy atom. The molecule has 1 aromatic heterocycles. The summed E-state index contributed by atoms with van der Waals surface area (Å²) in [7, 11) is 0. The van der Waals surface area contributed by atoms with E-state index in [1.165, 1.54) is 0 Å². The normalized spacial score (nSPS) is 27.4. The molecule has 0 spiro atoms. The van der Waals surface area contributed by atoms with Crippen LogP contribution in [0.15, 0.2) is 4.79 Å². The van der Waals surface area contributed by atoms with Crippen molar-refractivity contribution in [2.75, 3.05) is 6.61 Å². The molecule has 2 atom stereocenters. The van der Waals surface area contributed by atoms with E-state index in [-0.39, 0.29) is 15.0 Å². The first-order valence-electron chi connectivity index (χ1n) is 6.61. The summed E-state index contributed by atoms with van der Waals surface area (Å²) in [5.41, 5.74) is -0.867. The lowest BCUT2D eigenvalue weighted by atomic mass is 9.78. The maximum atomic E-state index is 11.8. The molecule has 0 saturated heterocycles. The summed E-state index contributed by atoms with van der Waals surface area (Å²) in [5.74, 6) is 0.771. The van der Waals surface area contributed by atoms with Gasteiger partial charge in [-0.05, 0) is 54.7 Å². The van der Waals surface area contributed by atoms with Crippen molar-refractivity contribution in [2.45, 2.75) is 45.1 Å².